The fourth-order valence-corrected chi connectivity index (χ4v) is 2.10. The van der Waals surface area contributed by atoms with Gasteiger partial charge in [0.1, 0.15) is 24.4 Å². The van der Waals surface area contributed by atoms with E-state index in [1.165, 1.54) is 18.4 Å². The van der Waals surface area contributed by atoms with Crippen molar-refractivity contribution in [2.24, 2.45) is 0 Å². The third kappa shape index (κ3) is 3.95. The van der Waals surface area contributed by atoms with Crippen LogP contribution in [0.15, 0.2) is 47.4 Å². The summed E-state index contributed by atoms with van der Waals surface area (Å²) in [5.41, 5.74) is 2.51. The van der Waals surface area contributed by atoms with E-state index in [1.54, 1.807) is 36.3 Å². The Hall–Kier alpha value is -2.67. The maximum atomic E-state index is 12.9. The van der Waals surface area contributed by atoms with Crippen molar-refractivity contribution < 1.29 is 18.4 Å². The highest BCUT2D eigenvalue weighted by Crippen LogP contribution is 2.15. The van der Waals surface area contributed by atoms with E-state index in [1.807, 2.05) is 0 Å². The fraction of sp³-hybridized carbons (Fsp3) is 0.250. The van der Waals surface area contributed by atoms with Crippen LogP contribution in [0.3, 0.4) is 0 Å². The van der Waals surface area contributed by atoms with Gasteiger partial charge >= 0.3 is 0 Å². The lowest BCUT2D eigenvalue weighted by Gasteiger charge is -2.03. The van der Waals surface area contributed by atoms with Gasteiger partial charge in [0.2, 0.25) is 0 Å². The molecular formula is C16H16FN3O3. The molecule has 0 atom stereocenters. The Bertz CT molecular complexity index is 752. The molecule has 0 radical (unpaired) electrons. The second-order valence-electron chi connectivity index (χ2n) is 5.01. The van der Waals surface area contributed by atoms with E-state index in [4.69, 9.17) is 14.0 Å². The maximum Gasteiger partial charge on any atom is 0.157 e. The zero-order valence-electron chi connectivity index (χ0n) is 12.6. The van der Waals surface area contributed by atoms with Gasteiger partial charge in [-0.05, 0) is 17.7 Å². The molecule has 120 valence electrons. The van der Waals surface area contributed by atoms with Crippen molar-refractivity contribution >= 4 is 0 Å². The Labute approximate surface area is 132 Å². The van der Waals surface area contributed by atoms with E-state index in [0.29, 0.717) is 31.2 Å². The summed E-state index contributed by atoms with van der Waals surface area (Å²) in [7, 11) is 1.60. The normalized spacial score (nSPS) is 10.9. The summed E-state index contributed by atoms with van der Waals surface area (Å²) in [5.74, 6) is 0.385. The predicted octanol–water partition coefficient (Wildman–Crippen LogP) is 2.78. The van der Waals surface area contributed by atoms with Gasteiger partial charge in [0, 0.05) is 7.11 Å². The van der Waals surface area contributed by atoms with Gasteiger partial charge < -0.3 is 14.0 Å². The van der Waals surface area contributed by atoms with Gasteiger partial charge in [-0.1, -0.05) is 17.3 Å². The molecule has 0 saturated heterocycles. The van der Waals surface area contributed by atoms with Crippen molar-refractivity contribution in [2.75, 3.05) is 7.11 Å². The standard InChI is InChI=1S/C16H16FN3O3/c1-21-11-16-13(10-23-19-16)9-22-15-6-18-20(8-15)7-12-2-4-14(17)5-3-12/h2-6,8,10H,7,9,11H2,1H3. The zero-order chi connectivity index (χ0) is 16.1. The quantitative estimate of drug-likeness (QED) is 0.670. The molecule has 0 aliphatic rings. The molecule has 7 heteroatoms. The molecular weight excluding hydrogens is 301 g/mol. The summed E-state index contributed by atoms with van der Waals surface area (Å²) in [6.07, 6.45) is 4.96. The molecule has 1 aromatic carbocycles. The lowest BCUT2D eigenvalue weighted by molar-refractivity contribution is 0.175. The van der Waals surface area contributed by atoms with Crippen molar-refractivity contribution in [3.63, 3.8) is 0 Å². The summed E-state index contributed by atoms with van der Waals surface area (Å²) >= 11 is 0. The number of nitrogens with zero attached hydrogens (tertiary/aromatic N) is 3. The zero-order valence-corrected chi connectivity index (χ0v) is 12.6. The number of rotatable bonds is 7. The Kier molecular flexibility index (Phi) is 4.68. The second kappa shape index (κ2) is 7.06. The topological polar surface area (TPSA) is 62.3 Å². The Balaban J connectivity index is 1.58. The molecule has 2 heterocycles. The average molecular weight is 317 g/mol. The van der Waals surface area contributed by atoms with Crippen molar-refractivity contribution in [2.45, 2.75) is 19.8 Å². The van der Waals surface area contributed by atoms with Gasteiger partial charge in [-0.15, -0.1) is 0 Å². The summed E-state index contributed by atoms with van der Waals surface area (Å²) in [4.78, 5) is 0. The van der Waals surface area contributed by atoms with Crippen molar-refractivity contribution in [3.05, 3.63) is 65.6 Å². The van der Waals surface area contributed by atoms with Crippen LogP contribution in [0.2, 0.25) is 0 Å². The van der Waals surface area contributed by atoms with Gasteiger partial charge in [0.25, 0.3) is 0 Å². The van der Waals surface area contributed by atoms with Crippen LogP contribution in [-0.4, -0.2) is 22.0 Å². The van der Waals surface area contributed by atoms with Crippen molar-refractivity contribution in [3.8, 4) is 5.75 Å². The molecule has 0 fully saturated rings. The maximum absolute atomic E-state index is 12.9. The van der Waals surface area contributed by atoms with Gasteiger partial charge in [-0.3, -0.25) is 4.68 Å². The molecule has 2 aromatic heterocycles. The lowest BCUT2D eigenvalue weighted by Crippen LogP contribution is -2.00. The van der Waals surface area contributed by atoms with E-state index in [2.05, 4.69) is 10.3 Å². The molecule has 23 heavy (non-hydrogen) atoms. The third-order valence-corrected chi connectivity index (χ3v) is 3.27. The highest BCUT2D eigenvalue weighted by atomic mass is 19.1. The number of ether oxygens (including phenoxy) is 2. The first-order valence-corrected chi connectivity index (χ1v) is 7.05. The molecule has 0 aliphatic heterocycles. The van der Waals surface area contributed by atoms with Gasteiger partial charge in [0.15, 0.2) is 5.75 Å². The highest BCUT2D eigenvalue weighted by Gasteiger charge is 2.09. The van der Waals surface area contributed by atoms with Crippen LogP contribution in [0.25, 0.3) is 0 Å². The summed E-state index contributed by atoms with van der Waals surface area (Å²) in [6, 6.07) is 6.32. The van der Waals surface area contributed by atoms with Crippen LogP contribution in [0.5, 0.6) is 5.75 Å². The number of hydrogen-bond donors (Lipinski definition) is 0. The first-order valence-electron chi connectivity index (χ1n) is 7.05. The number of benzene rings is 1. The minimum Gasteiger partial charge on any atom is -0.485 e. The van der Waals surface area contributed by atoms with Crippen LogP contribution in [-0.2, 0) is 24.5 Å². The van der Waals surface area contributed by atoms with Gasteiger partial charge in [-0.25, -0.2) is 4.39 Å². The van der Waals surface area contributed by atoms with E-state index in [0.717, 1.165) is 11.1 Å². The predicted molar refractivity (Wildman–Crippen MR) is 79.3 cm³/mol. The Morgan fingerprint density at radius 3 is 2.83 bits per heavy atom. The first-order chi connectivity index (χ1) is 11.2. The smallest absolute Gasteiger partial charge is 0.157 e. The van der Waals surface area contributed by atoms with E-state index in [9.17, 15) is 4.39 Å². The molecule has 3 rings (SSSR count). The van der Waals surface area contributed by atoms with Crippen LogP contribution in [0, 0.1) is 5.82 Å². The summed E-state index contributed by atoms with van der Waals surface area (Å²) in [6.45, 7) is 1.25. The van der Waals surface area contributed by atoms with Crippen LogP contribution >= 0.6 is 0 Å². The fourth-order valence-electron chi connectivity index (χ4n) is 2.10. The number of methoxy groups -OCH3 is 1. The minimum absolute atomic E-state index is 0.251. The molecule has 0 amide bonds. The third-order valence-electron chi connectivity index (χ3n) is 3.27. The lowest BCUT2D eigenvalue weighted by atomic mass is 10.2. The van der Waals surface area contributed by atoms with Gasteiger partial charge in [-0.2, -0.15) is 5.10 Å². The van der Waals surface area contributed by atoms with Gasteiger partial charge in [0.05, 0.1) is 31.1 Å². The number of halogens is 1. The molecule has 0 spiro atoms. The summed E-state index contributed by atoms with van der Waals surface area (Å²) in [5, 5.41) is 8.08. The van der Waals surface area contributed by atoms with E-state index >= 15 is 0 Å². The largest absolute Gasteiger partial charge is 0.485 e. The molecule has 0 unspecified atom stereocenters. The van der Waals surface area contributed by atoms with Crippen LogP contribution in [0.4, 0.5) is 4.39 Å². The number of aromatic nitrogens is 3. The molecule has 0 bridgehead atoms. The van der Waals surface area contributed by atoms with E-state index < -0.39 is 0 Å². The SMILES string of the molecule is COCc1nocc1COc1cnn(Cc2ccc(F)cc2)c1. The molecule has 0 saturated carbocycles. The highest BCUT2D eigenvalue weighted by molar-refractivity contribution is 5.19. The average Bonchev–Trinajstić information content (AvgIpc) is 3.17. The number of hydrogen-bond acceptors (Lipinski definition) is 5. The first kappa shape index (κ1) is 15.2. The summed E-state index contributed by atoms with van der Waals surface area (Å²) < 4.78 is 30.2. The van der Waals surface area contributed by atoms with Crippen molar-refractivity contribution in [1.29, 1.82) is 0 Å². The Morgan fingerprint density at radius 2 is 2.04 bits per heavy atom. The molecule has 6 nitrogen and oxygen atoms in total. The van der Waals surface area contributed by atoms with Crippen LogP contribution < -0.4 is 4.74 Å². The second-order valence-corrected chi connectivity index (χ2v) is 5.01. The minimum atomic E-state index is -0.251. The van der Waals surface area contributed by atoms with Crippen LogP contribution in [0.1, 0.15) is 16.8 Å². The van der Waals surface area contributed by atoms with Crippen molar-refractivity contribution in [1.82, 2.24) is 14.9 Å². The van der Waals surface area contributed by atoms with E-state index in [-0.39, 0.29) is 5.82 Å². The molecule has 3 aromatic rings. The molecule has 0 N–H and O–H groups in total. The Morgan fingerprint density at radius 1 is 1.22 bits per heavy atom. The molecule has 0 aliphatic carbocycles. The monoisotopic (exact) mass is 317 g/mol.